The van der Waals surface area contributed by atoms with Crippen molar-refractivity contribution in [3.63, 3.8) is 0 Å². The van der Waals surface area contributed by atoms with Crippen LogP contribution in [0.3, 0.4) is 0 Å². The van der Waals surface area contributed by atoms with E-state index >= 15 is 0 Å². The molecule has 1 amide bonds. The van der Waals surface area contributed by atoms with Crippen LogP contribution in [0.2, 0.25) is 10.0 Å². The zero-order valence-electron chi connectivity index (χ0n) is 11.0. The Kier molecular flexibility index (Phi) is 7.62. The van der Waals surface area contributed by atoms with E-state index in [0.717, 1.165) is 32.7 Å². The lowest BCUT2D eigenvalue weighted by atomic mass is 10.2. The maximum atomic E-state index is 11.9. The number of benzene rings is 1. The van der Waals surface area contributed by atoms with Gasteiger partial charge < -0.3 is 10.6 Å². The average molecular weight is 339 g/mol. The largest absolute Gasteiger partial charge is 0.351 e. The second-order valence-electron chi connectivity index (χ2n) is 4.48. The third kappa shape index (κ3) is 5.11. The standard InChI is InChI=1S/C13H17Cl2N3O.ClH/c14-11-2-1-10(9-12(11)15)13(19)17-5-8-18-6-3-16-4-7-18;/h1-2,9,16H,3-8H2,(H,17,19);1H. The summed E-state index contributed by atoms with van der Waals surface area (Å²) in [7, 11) is 0. The molecule has 112 valence electrons. The monoisotopic (exact) mass is 337 g/mol. The number of hydrogen-bond acceptors (Lipinski definition) is 3. The van der Waals surface area contributed by atoms with Crippen LogP contribution in [0, 0.1) is 0 Å². The molecule has 7 heteroatoms. The van der Waals surface area contributed by atoms with Gasteiger partial charge in [-0.05, 0) is 18.2 Å². The summed E-state index contributed by atoms with van der Waals surface area (Å²) in [6, 6.07) is 4.90. The predicted octanol–water partition coefficient (Wildman–Crippen LogP) is 2.05. The first kappa shape index (κ1) is 17.5. The lowest BCUT2D eigenvalue weighted by Crippen LogP contribution is -2.46. The van der Waals surface area contributed by atoms with Crippen LogP contribution in [-0.2, 0) is 0 Å². The first-order valence-electron chi connectivity index (χ1n) is 6.33. The van der Waals surface area contributed by atoms with Gasteiger partial charge in [0.25, 0.3) is 5.91 Å². The Balaban J connectivity index is 0.00000200. The number of carbonyl (C=O) groups is 1. The summed E-state index contributed by atoms with van der Waals surface area (Å²) in [5, 5.41) is 7.04. The molecule has 0 aliphatic carbocycles. The molecule has 1 fully saturated rings. The number of piperazine rings is 1. The Morgan fingerprint density at radius 3 is 2.60 bits per heavy atom. The number of nitrogens with one attached hydrogen (secondary N) is 2. The molecule has 2 N–H and O–H groups in total. The smallest absolute Gasteiger partial charge is 0.251 e. The van der Waals surface area contributed by atoms with Crippen molar-refractivity contribution < 1.29 is 4.79 Å². The van der Waals surface area contributed by atoms with Crippen LogP contribution in [0.5, 0.6) is 0 Å². The molecule has 1 aromatic rings. The summed E-state index contributed by atoms with van der Waals surface area (Å²) in [5.74, 6) is -0.117. The quantitative estimate of drug-likeness (QED) is 0.883. The van der Waals surface area contributed by atoms with Gasteiger partial charge >= 0.3 is 0 Å². The van der Waals surface area contributed by atoms with Gasteiger partial charge in [0.15, 0.2) is 0 Å². The van der Waals surface area contributed by atoms with Crippen LogP contribution in [0.1, 0.15) is 10.4 Å². The van der Waals surface area contributed by atoms with Gasteiger partial charge in [-0.1, -0.05) is 23.2 Å². The maximum absolute atomic E-state index is 11.9. The first-order chi connectivity index (χ1) is 9.16. The van der Waals surface area contributed by atoms with E-state index in [-0.39, 0.29) is 18.3 Å². The zero-order valence-corrected chi connectivity index (χ0v) is 13.3. The molecule has 1 heterocycles. The van der Waals surface area contributed by atoms with E-state index in [2.05, 4.69) is 15.5 Å². The second kappa shape index (κ2) is 8.70. The van der Waals surface area contributed by atoms with Crippen LogP contribution in [-0.4, -0.2) is 50.1 Å². The van der Waals surface area contributed by atoms with E-state index in [1.165, 1.54) is 0 Å². The molecule has 0 aromatic heterocycles. The number of hydrogen-bond donors (Lipinski definition) is 2. The molecule has 1 aliphatic rings. The van der Waals surface area contributed by atoms with E-state index in [4.69, 9.17) is 23.2 Å². The molecular weight excluding hydrogens is 321 g/mol. The SMILES string of the molecule is Cl.O=C(NCCN1CCNCC1)c1ccc(Cl)c(Cl)c1. The van der Waals surface area contributed by atoms with Crippen LogP contribution in [0.25, 0.3) is 0 Å². The fourth-order valence-electron chi connectivity index (χ4n) is 2.00. The Hall–Kier alpha value is -0.520. The molecule has 0 saturated carbocycles. The average Bonchev–Trinajstić information content (AvgIpc) is 2.43. The molecule has 1 aromatic carbocycles. The van der Waals surface area contributed by atoms with E-state index in [1.807, 2.05) is 0 Å². The fraction of sp³-hybridized carbons (Fsp3) is 0.462. The topological polar surface area (TPSA) is 44.4 Å². The van der Waals surface area contributed by atoms with Crippen molar-refractivity contribution in [3.05, 3.63) is 33.8 Å². The van der Waals surface area contributed by atoms with Crippen molar-refractivity contribution in [2.45, 2.75) is 0 Å². The molecule has 1 aliphatic heterocycles. The summed E-state index contributed by atoms with van der Waals surface area (Å²) in [6.45, 7) is 5.60. The number of rotatable bonds is 4. The lowest BCUT2D eigenvalue weighted by Gasteiger charge is -2.27. The van der Waals surface area contributed by atoms with Crippen molar-refractivity contribution in [3.8, 4) is 0 Å². The van der Waals surface area contributed by atoms with E-state index in [9.17, 15) is 4.79 Å². The van der Waals surface area contributed by atoms with E-state index in [1.54, 1.807) is 18.2 Å². The van der Waals surface area contributed by atoms with E-state index in [0.29, 0.717) is 22.2 Å². The number of amides is 1. The van der Waals surface area contributed by atoms with Gasteiger partial charge in [-0.2, -0.15) is 0 Å². The van der Waals surface area contributed by atoms with Crippen molar-refractivity contribution in [1.82, 2.24) is 15.5 Å². The van der Waals surface area contributed by atoms with Gasteiger partial charge in [0.2, 0.25) is 0 Å². The summed E-state index contributed by atoms with van der Waals surface area (Å²) in [6.07, 6.45) is 0. The van der Waals surface area contributed by atoms with Gasteiger partial charge in [-0.15, -0.1) is 12.4 Å². The fourth-order valence-corrected chi connectivity index (χ4v) is 2.30. The van der Waals surface area contributed by atoms with Crippen molar-refractivity contribution >= 4 is 41.5 Å². The maximum Gasteiger partial charge on any atom is 0.251 e. The summed E-state index contributed by atoms with van der Waals surface area (Å²) in [4.78, 5) is 14.2. The van der Waals surface area contributed by atoms with Crippen LogP contribution >= 0.6 is 35.6 Å². The zero-order chi connectivity index (χ0) is 13.7. The van der Waals surface area contributed by atoms with Gasteiger partial charge in [0, 0.05) is 44.8 Å². The Bertz CT molecular complexity index is 450. The molecule has 4 nitrogen and oxygen atoms in total. The lowest BCUT2D eigenvalue weighted by molar-refractivity contribution is 0.0947. The van der Waals surface area contributed by atoms with Gasteiger partial charge in [-0.3, -0.25) is 9.69 Å². The highest BCUT2D eigenvalue weighted by atomic mass is 35.5. The number of carbonyl (C=O) groups excluding carboxylic acids is 1. The van der Waals surface area contributed by atoms with Gasteiger partial charge in [0.05, 0.1) is 10.0 Å². The first-order valence-corrected chi connectivity index (χ1v) is 7.09. The summed E-state index contributed by atoms with van der Waals surface area (Å²) >= 11 is 11.7. The Labute approximate surface area is 135 Å². The Morgan fingerprint density at radius 2 is 1.95 bits per heavy atom. The number of halogens is 3. The van der Waals surface area contributed by atoms with Gasteiger partial charge in [0.1, 0.15) is 0 Å². The highest BCUT2D eigenvalue weighted by Crippen LogP contribution is 2.22. The van der Waals surface area contributed by atoms with Crippen LogP contribution < -0.4 is 10.6 Å². The minimum absolute atomic E-state index is 0. The highest BCUT2D eigenvalue weighted by molar-refractivity contribution is 6.42. The highest BCUT2D eigenvalue weighted by Gasteiger charge is 2.11. The summed E-state index contributed by atoms with van der Waals surface area (Å²) in [5.41, 5.74) is 0.537. The minimum Gasteiger partial charge on any atom is -0.351 e. The van der Waals surface area contributed by atoms with Crippen molar-refractivity contribution in [2.75, 3.05) is 39.3 Å². The molecular formula is C13H18Cl3N3O. The minimum atomic E-state index is -0.117. The van der Waals surface area contributed by atoms with E-state index < -0.39 is 0 Å². The molecule has 0 spiro atoms. The normalized spacial score (nSPS) is 15.5. The van der Waals surface area contributed by atoms with Crippen molar-refractivity contribution in [2.24, 2.45) is 0 Å². The molecule has 20 heavy (non-hydrogen) atoms. The molecule has 0 bridgehead atoms. The second-order valence-corrected chi connectivity index (χ2v) is 5.29. The molecule has 0 radical (unpaired) electrons. The summed E-state index contributed by atoms with van der Waals surface area (Å²) < 4.78 is 0. The van der Waals surface area contributed by atoms with Gasteiger partial charge in [-0.25, -0.2) is 0 Å². The van der Waals surface area contributed by atoms with Crippen molar-refractivity contribution in [1.29, 1.82) is 0 Å². The third-order valence-electron chi connectivity index (χ3n) is 3.10. The molecule has 2 rings (SSSR count). The Morgan fingerprint density at radius 1 is 1.25 bits per heavy atom. The molecule has 0 unspecified atom stereocenters. The molecule has 1 saturated heterocycles. The molecule has 0 atom stereocenters. The third-order valence-corrected chi connectivity index (χ3v) is 3.84. The number of nitrogens with zero attached hydrogens (tertiary/aromatic N) is 1. The van der Waals surface area contributed by atoms with Crippen LogP contribution in [0.15, 0.2) is 18.2 Å². The predicted molar refractivity (Wildman–Crippen MR) is 85.4 cm³/mol. The van der Waals surface area contributed by atoms with Crippen LogP contribution in [0.4, 0.5) is 0 Å².